The highest BCUT2D eigenvalue weighted by molar-refractivity contribution is 5.74. The summed E-state index contributed by atoms with van der Waals surface area (Å²) in [7, 11) is 0. The van der Waals surface area contributed by atoms with Gasteiger partial charge in [0.25, 0.3) is 0 Å². The summed E-state index contributed by atoms with van der Waals surface area (Å²) in [5, 5.41) is 0. The molecule has 0 aromatic carbocycles. The molecule has 0 aliphatic heterocycles. The SMILES string of the molecule is CC(C)(F)c1cncc(C=O)c1. The Balaban J connectivity index is 3.10. The number of carbonyl (C=O) groups excluding carboxylic acids is 1. The van der Waals surface area contributed by atoms with Crippen LogP contribution in [-0.2, 0) is 5.67 Å². The van der Waals surface area contributed by atoms with E-state index in [2.05, 4.69) is 4.98 Å². The van der Waals surface area contributed by atoms with Crippen LogP contribution in [0.1, 0.15) is 29.8 Å². The highest BCUT2D eigenvalue weighted by Gasteiger charge is 2.18. The maximum atomic E-state index is 13.3. The second kappa shape index (κ2) is 3.01. The van der Waals surface area contributed by atoms with Crippen LogP contribution in [0, 0.1) is 0 Å². The van der Waals surface area contributed by atoms with Crippen LogP contribution in [-0.4, -0.2) is 11.3 Å². The third kappa shape index (κ3) is 1.87. The highest BCUT2D eigenvalue weighted by atomic mass is 19.1. The number of aromatic nitrogens is 1. The zero-order valence-corrected chi connectivity index (χ0v) is 7.04. The minimum absolute atomic E-state index is 0.401. The van der Waals surface area contributed by atoms with Gasteiger partial charge in [0, 0.05) is 23.5 Å². The van der Waals surface area contributed by atoms with Gasteiger partial charge in [-0.05, 0) is 19.9 Å². The lowest BCUT2D eigenvalue weighted by Gasteiger charge is -2.13. The first-order chi connectivity index (χ1) is 5.54. The number of hydrogen-bond donors (Lipinski definition) is 0. The fourth-order valence-corrected chi connectivity index (χ4v) is 0.847. The summed E-state index contributed by atoms with van der Waals surface area (Å²) in [4.78, 5) is 14.1. The predicted octanol–water partition coefficient (Wildman–Crippen LogP) is 2.10. The number of carbonyl (C=O) groups is 1. The number of hydrogen-bond acceptors (Lipinski definition) is 2. The summed E-state index contributed by atoms with van der Waals surface area (Å²) in [5.41, 5.74) is -0.614. The van der Waals surface area contributed by atoms with Gasteiger partial charge in [0.1, 0.15) is 5.67 Å². The Bertz CT molecular complexity index is 291. The Morgan fingerprint density at radius 1 is 1.50 bits per heavy atom. The molecule has 1 aromatic rings. The topological polar surface area (TPSA) is 30.0 Å². The van der Waals surface area contributed by atoms with Crippen molar-refractivity contribution in [3.05, 3.63) is 29.6 Å². The third-order valence-corrected chi connectivity index (χ3v) is 1.58. The van der Waals surface area contributed by atoms with E-state index in [0.717, 1.165) is 0 Å². The normalized spacial score (nSPS) is 11.2. The van der Waals surface area contributed by atoms with Crippen LogP contribution in [0.25, 0.3) is 0 Å². The van der Waals surface area contributed by atoms with Crippen molar-refractivity contribution in [2.24, 2.45) is 0 Å². The van der Waals surface area contributed by atoms with E-state index in [4.69, 9.17) is 0 Å². The van der Waals surface area contributed by atoms with Crippen molar-refractivity contribution in [3.8, 4) is 0 Å². The van der Waals surface area contributed by atoms with Crippen molar-refractivity contribution < 1.29 is 9.18 Å². The molecule has 0 aliphatic rings. The maximum absolute atomic E-state index is 13.3. The Hall–Kier alpha value is -1.25. The van der Waals surface area contributed by atoms with Crippen molar-refractivity contribution in [2.75, 3.05) is 0 Å². The molecule has 0 aliphatic carbocycles. The van der Waals surface area contributed by atoms with Crippen LogP contribution in [0.3, 0.4) is 0 Å². The van der Waals surface area contributed by atoms with Crippen molar-refractivity contribution >= 4 is 6.29 Å². The second-order valence-electron chi connectivity index (χ2n) is 3.10. The van der Waals surface area contributed by atoms with Crippen LogP contribution in [0.2, 0.25) is 0 Å². The zero-order chi connectivity index (χ0) is 9.19. The van der Waals surface area contributed by atoms with Gasteiger partial charge in [0.15, 0.2) is 6.29 Å². The molecular formula is C9H10FNO. The molecule has 0 saturated carbocycles. The monoisotopic (exact) mass is 167 g/mol. The number of alkyl halides is 1. The molecule has 0 fully saturated rings. The third-order valence-electron chi connectivity index (χ3n) is 1.58. The molecule has 2 nitrogen and oxygen atoms in total. The number of halogens is 1. The molecule has 12 heavy (non-hydrogen) atoms. The Morgan fingerprint density at radius 3 is 2.67 bits per heavy atom. The van der Waals surface area contributed by atoms with Crippen molar-refractivity contribution in [1.82, 2.24) is 4.98 Å². The number of pyridine rings is 1. The van der Waals surface area contributed by atoms with Gasteiger partial charge in [-0.3, -0.25) is 9.78 Å². The molecule has 3 heteroatoms. The van der Waals surface area contributed by atoms with E-state index in [1.54, 1.807) is 0 Å². The second-order valence-corrected chi connectivity index (χ2v) is 3.10. The van der Waals surface area contributed by atoms with Gasteiger partial charge >= 0.3 is 0 Å². The van der Waals surface area contributed by atoms with Crippen LogP contribution < -0.4 is 0 Å². The zero-order valence-electron chi connectivity index (χ0n) is 7.04. The van der Waals surface area contributed by atoms with Crippen LogP contribution in [0.15, 0.2) is 18.5 Å². The molecule has 0 radical (unpaired) electrons. The van der Waals surface area contributed by atoms with Gasteiger partial charge in [-0.1, -0.05) is 0 Å². The summed E-state index contributed by atoms with van der Waals surface area (Å²) in [6, 6.07) is 1.50. The van der Waals surface area contributed by atoms with E-state index in [9.17, 15) is 9.18 Å². The fraction of sp³-hybridized carbons (Fsp3) is 0.333. The van der Waals surface area contributed by atoms with Crippen LogP contribution >= 0.6 is 0 Å². The van der Waals surface area contributed by atoms with E-state index in [1.165, 1.54) is 32.3 Å². The lowest BCUT2D eigenvalue weighted by atomic mass is 10.0. The molecular weight excluding hydrogens is 157 g/mol. The van der Waals surface area contributed by atoms with Gasteiger partial charge in [0.05, 0.1) is 0 Å². The molecule has 0 saturated heterocycles. The smallest absolute Gasteiger partial charge is 0.151 e. The summed E-state index contributed by atoms with van der Waals surface area (Å²) in [5.74, 6) is 0. The number of aldehydes is 1. The van der Waals surface area contributed by atoms with Crippen molar-refractivity contribution in [2.45, 2.75) is 19.5 Å². The molecule has 0 N–H and O–H groups in total. The van der Waals surface area contributed by atoms with Gasteiger partial charge in [0.2, 0.25) is 0 Å². The largest absolute Gasteiger partial charge is 0.298 e. The lowest BCUT2D eigenvalue weighted by Crippen LogP contribution is -2.09. The average Bonchev–Trinajstić information content (AvgIpc) is 2.03. The predicted molar refractivity (Wildman–Crippen MR) is 43.8 cm³/mol. The van der Waals surface area contributed by atoms with E-state index in [1.807, 2.05) is 0 Å². The molecule has 1 aromatic heterocycles. The molecule has 0 spiro atoms. The van der Waals surface area contributed by atoms with E-state index < -0.39 is 5.67 Å². The molecule has 0 amide bonds. The minimum atomic E-state index is -1.44. The van der Waals surface area contributed by atoms with Gasteiger partial charge in [-0.25, -0.2) is 4.39 Å². The molecule has 0 bridgehead atoms. The Morgan fingerprint density at radius 2 is 2.17 bits per heavy atom. The number of rotatable bonds is 2. The van der Waals surface area contributed by atoms with Crippen LogP contribution in [0.5, 0.6) is 0 Å². The van der Waals surface area contributed by atoms with Gasteiger partial charge in [-0.2, -0.15) is 0 Å². The van der Waals surface area contributed by atoms with Crippen molar-refractivity contribution in [3.63, 3.8) is 0 Å². The van der Waals surface area contributed by atoms with E-state index in [0.29, 0.717) is 17.4 Å². The quantitative estimate of drug-likeness (QED) is 0.631. The van der Waals surface area contributed by atoms with Gasteiger partial charge in [-0.15, -0.1) is 0 Å². The first-order valence-corrected chi connectivity index (χ1v) is 3.63. The van der Waals surface area contributed by atoms with Crippen molar-refractivity contribution in [1.29, 1.82) is 0 Å². The lowest BCUT2D eigenvalue weighted by molar-refractivity contribution is 0.112. The summed E-state index contributed by atoms with van der Waals surface area (Å²) in [6.07, 6.45) is 3.48. The van der Waals surface area contributed by atoms with Gasteiger partial charge < -0.3 is 0 Å². The fourth-order valence-electron chi connectivity index (χ4n) is 0.847. The molecule has 1 heterocycles. The van der Waals surface area contributed by atoms with Crippen LogP contribution in [0.4, 0.5) is 4.39 Å². The van der Waals surface area contributed by atoms with E-state index in [-0.39, 0.29) is 0 Å². The minimum Gasteiger partial charge on any atom is -0.298 e. The summed E-state index contributed by atoms with van der Waals surface area (Å²) in [6.45, 7) is 2.86. The average molecular weight is 167 g/mol. The molecule has 0 atom stereocenters. The first kappa shape index (κ1) is 8.84. The first-order valence-electron chi connectivity index (χ1n) is 3.63. The number of nitrogens with zero attached hydrogens (tertiary/aromatic N) is 1. The van der Waals surface area contributed by atoms with E-state index >= 15 is 0 Å². The molecule has 0 unspecified atom stereocenters. The Labute approximate surface area is 70.4 Å². The highest BCUT2D eigenvalue weighted by Crippen LogP contribution is 2.23. The maximum Gasteiger partial charge on any atom is 0.151 e. The molecule has 64 valence electrons. The molecule has 1 rings (SSSR count). The summed E-state index contributed by atoms with van der Waals surface area (Å²) < 4.78 is 13.3. The Kier molecular flexibility index (Phi) is 2.22. The summed E-state index contributed by atoms with van der Waals surface area (Å²) >= 11 is 0. The standard InChI is InChI=1S/C9H10FNO/c1-9(2,10)8-3-7(6-12)4-11-5-8/h3-6H,1-2H3.